The molecular weight excluding hydrogens is 312 g/mol. The number of nitrogens with zero attached hydrogens (tertiary/aromatic N) is 4. The van der Waals surface area contributed by atoms with E-state index in [9.17, 15) is 0 Å². The molecule has 3 heterocycles. The predicted molar refractivity (Wildman–Crippen MR) is 103 cm³/mol. The Morgan fingerprint density at radius 2 is 1.36 bits per heavy atom. The molecule has 3 aliphatic heterocycles. The summed E-state index contributed by atoms with van der Waals surface area (Å²) in [6.07, 6.45) is 24.8. The predicted octanol–water partition coefficient (Wildman–Crippen LogP) is 1.46. The van der Waals surface area contributed by atoms with E-state index in [0.717, 1.165) is 19.6 Å². The maximum absolute atomic E-state index is 5.90. The highest BCUT2D eigenvalue weighted by atomic mass is 15.5. The fraction of sp³-hybridized carbons (Fsp3) is 0.316. The van der Waals surface area contributed by atoms with Crippen LogP contribution in [-0.4, -0.2) is 52.1 Å². The molecule has 6 nitrogen and oxygen atoms in total. The summed E-state index contributed by atoms with van der Waals surface area (Å²) < 4.78 is 0. The summed E-state index contributed by atoms with van der Waals surface area (Å²) in [5, 5.41) is 0. The van der Waals surface area contributed by atoms with Crippen molar-refractivity contribution in [2.75, 3.05) is 19.6 Å². The van der Waals surface area contributed by atoms with Gasteiger partial charge in [0.2, 0.25) is 5.79 Å². The fourth-order valence-corrected chi connectivity index (χ4v) is 3.47. The van der Waals surface area contributed by atoms with E-state index in [-0.39, 0.29) is 12.0 Å². The van der Waals surface area contributed by atoms with Crippen molar-refractivity contribution < 1.29 is 0 Å². The molecule has 0 amide bonds. The standard InChI is InChI=1S/C19H26N6/c1-17(23-11-5-2-6-12-23)19(22-18(20)21,24-13-7-3-8-14-24)25-15-9-4-10-16-25/h2-11,13,15,17H,12,14,16H2,1H3,(H4,20,21,22). The highest BCUT2D eigenvalue weighted by Gasteiger charge is 2.47. The zero-order valence-corrected chi connectivity index (χ0v) is 14.6. The van der Waals surface area contributed by atoms with Crippen LogP contribution < -0.4 is 11.5 Å². The van der Waals surface area contributed by atoms with Crippen LogP contribution >= 0.6 is 0 Å². The maximum atomic E-state index is 5.90. The molecule has 3 aliphatic rings. The van der Waals surface area contributed by atoms with E-state index in [0.29, 0.717) is 0 Å². The van der Waals surface area contributed by atoms with Crippen molar-refractivity contribution in [2.45, 2.75) is 18.8 Å². The molecule has 6 heteroatoms. The maximum Gasteiger partial charge on any atom is 0.233 e. The minimum Gasteiger partial charge on any atom is -0.370 e. The summed E-state index contributed by atoms with van der Waals surface area (Å²) >= 11 is 0. The minimum atomic E-state index is -0.753. The first-order chi connectivity index (χ1) is 12.1. The quantitative estimate of drug-likeness (QED) is 0.586. The molecule has 4 N–H and O–H groups in total. The number of rotatable bonds is 5. The van der Waals surface area contributed by atoms with Crippen molar-refractivity contribution in [2.24, 2.45) is 16.5 Å². The average Bonchev–Trinajstić information content (AvgIpc) is 2.67. The summed E-state index contributed by atoms with van der Waals surface area (Å²) in [4.78, 5) is 11.4. The summed E-state index contributed by atoms with van der Waals surface area (Å²) in [7, 11) is 0. The third kappa shape index (κ3) is 3.33. The van der Waals surface area contributed by atoms with Crippen molar-refractivity contribution in [3.63, 3.8) is 0 Å². The van der Waals surface area contributed by atoms with Crippen molar-refractivity contribution >= 4 is 5.96 Å². The van der Waals surface area contributed by atoms with Crippen LogP contribution in [0.15, 0.2) is 78.3 Å². The van der Waals surface area contributed by atoms with E-state index in [1.54, 1.807) is 0 Å². The number of guanidine groups is 1. The largest absolute Gasteiger partial charge is 0.370 e. The Morgan fingerprint density at radius 3 is 1.76 bits per heavy atom. The Balaban J connectivity index is 2.07. The van der Waals surface area contributed by atoms with Crippen LogP contribution in [0, 0.1) is 0 Å². The molecule has 0 spiro atoms. The Morgan fingerprint density at radius 1 is 0.840 bits per heavy atom. The highest BCUT2D eigenvalue weighted by Crippen LogP contribution is 2.33. The van der Waals surface area contributed by atoms with Crippen molar-refractivity contribution in [3.8, 4) is 0 Å². The second-order valence-corrected chi connectivity index (χ2v) is 6.21. The minimum absolute atomic E-state index is 0.00287. The van der Waals surface area contributed by atoms with Gasteiger partial charge in [0.1, 0.15) is 0 Å². The highest BCUT2D eigenvalue weighted by molar-refractivity contribution is 5.76. The SMILES string of the molecule is CC(N1C=CC=CC1)C(N=C(N)N)(N1C=CC=CC1)N1C=CC=CC1. The summed E-state index contributed by atoms with van der Waals surface area (Å²) in [6.45, 7) is 4.45. The molecule has 132 valence electrons. The van der Waals surface area contributed by atoms with Gasteiger partial charge in [0.15, 0.2) is 5.96 Å². The first kappa shape index (κ1) is 17.0. The Labute approximate surface area is 149 Å². The number of nitrogens with two attached hydrogens (primary N) is 2. The lowest BCUT2D eigenvalue weighted by atomic mass is 10.0. The Hall–Kier alpha value is -2.89. The molecule has 1 atom stereocenters. The molecule has 0 aliphatic carbocycles. The zero-order chi connectivity index (χ0) is 17.7. The molecule has 0 bridgehead atoms. The molecule has 0 saturated heterocycles. The molecule has 25 heavy (non-hydrogen) atoms. The van der Waals surface area contributed by atoms with Crippen LogP contribution in [0.4, 0.5) is 0 Å². The molecule has 1 unspecified atom stereocenters. The number of allylic oxidation sites excluding steroid dienone is 6. The Bertz CT molecular complexity index is 648. The van der Waals surface area contributed by atoms with Crippen LogP contribution in [0.1, 0.15) is 6.92 Å². The van der Waals surface area contributed by atoms with Crippen molar-refractivity contribution in [1.29, 1.82) is 0 Å². The van der Waals surface area contributed by atoms with Crippen molar-refractivity contribution in [1.82, 2.24) is 14.7 Å². The van der Waals surface area contributed by atoms with Crippen molar-refractivity contribution in [3.05, 3.63) is 73.3 Å². The summed E-state index contributed by atoms with van der Waals surface area (Å²) in [6, 6.07) is 0.00287. The molecule has 0 radical (unpaired) electrons. The number of aliphatic imine (C=N–C) groups is 1. The average molecular weight is 338 g/mol. The third-order valence-corrected chi connectivity index (χ3v) is 4.67. The first-order valence-electron chi connectivity index (χ1n) is 8.54. The van der Waals surface area contributed by atoms with Gasteiger partial charge in [-0.25, -0.2) is 4.99 Å². The van der Waals surface area contributed by atoms with Crippen LogP contribution in [0.3, 0.4) is 0 Å². The number of hydrogen-bond donors (Lipinski definition) is 2. The van der Waals surface area contributed by atoms with Gasteiger partial charge in [-0.1, -0.05) is 36.5 Å². The van der Waals surface area contributed by atoms with E-state index in [1.807, 2.05) is 30.4 Å². The number of hydrogen-bond acceptors (Lipinski definition) is 4. The second-order valence-electron chi connectivity index (χ2n) is 6.21. The third-order valence-electron chi connectivity index (χ3n) is 4.67. The molecule has 0 aromatic carbocycles. The normalized spacial score (nSPS) is 20.3. The van der Waals surface area contributed by atoms with Gasteiger partial charge in [-0.2, -0.15) is 0 Å². The Kier molecular flexibility index (Phi) is 4.97. The van der Waals surface area contributed by atoms with Gasteiger partial charge in [-0.15, -0.1) is 0 Å². The molecule has 0 aromatic rings. The van der Waals surface area contributed by atoms with Crippen LogP contribution in [0.25, 0.3) is 0 Å². The molecule has 0 saturated carbocycles. The van der Waals surface area contributed by atoms with E-state index in [4.69, 9.17) is 16.5 Å². The molecule has 3 rings (SSSR count). The summed E-state index contributed by atoms with van der Waals surface area (Å²) in [5.41, 5.74) is 11.8. The van der Waals surface area contributed by atoms with Crippen LogP contribution in [0.2, 0.25) is 0 Å². The molecule has 0 aromatic heterocycles. The van der Waals surface area contributed by atoms with E-state index in [2.05, 4.69) is 64.5 Å². The van der Waals surface area contributed by atoms with E-state index >= 15 is 0 Å². The van der Waals surface area contributed by atoms with Crippen LogP contribution in [0.5, 0.6) is 0 Å². The van der Waals surface area contributed by atoms with Gasteiger partial charge in [0.25, 0.3) is 0 Å². The van der Waals surface area contributed by atoms with Gasteiger partial charge in [0, 0.05) is 32.0 Å². The topological polar surface area (TPSA) is 74.1 Å². The van der Waals surface area contributed by atoms with Gasteiger partial charge in [-0.05, 0) is 31.4 Å². The second kappa shape index (κ2) is 7.34. The first-order valence-corrected chi connectivity index (χ1v) is 8.54. The molecule has 0 fully saturated rings. The van der Waals surface area contributed by atoms with Gasteiger partial charge < -0.3 is 26.2 Å². The van der Waals surface area contributed by atoms with Gasteiger partial charge in [0.05, 0.1) is 6.04 Å². The lowest BCUT2D eigenvalue weighted by Crippen LogP contribution is -2.67. The fourth-order valence-electron chi connectivity index (χ4n) is 3.47. The smallest absolute Gasteiger partial charge is 0.233 e. The summed E-state index contributed by atoms with van der Waals surface area (Å²) in [5.74, 6) is -0.675. The zero-order valence-electron chi connectivity index (χ0n) is 14.6. The van der Waals surface area contributed by atoms with Crippen LogP contribution in [-0.2, 0) is 0 Å². The lowest BCUT2D eigenvalue weighted by molar-refractivity contribution is -0.0386. The lowest BCUT2D eigenvalue weighted by Gasteiger charge is -2.53. The molecular formula is C19H26N6. The van der Waals surface area contributed by atoms with Gasteiger partial charge in [-0.3, -0.25) is 0 Å². The monoisotopic (exact) mass is 338 g/mol. The van der Waals surface area contributed by atoms with E-state index in [1.165, 1.54) is 0 Å². The van der Waals surface area contributed by atoms with E-state index < -0.39 is 5.79 Å². The van der Waals surface area contributed by atoms with Gasteiger partial charge >= 0.3 is 0 Å².